The van der Waals surface area contributed by atoms with E-state index in [0.717, 1.165) is 57.8 Å². The summed E-state index contributed by atoms with van der Waals surface area (Å²) >= 11 is 0. The summed E-state index contributed by atoms with van der Waals surface area (Å²) in [5.74, 6) is -0.610. The van der Waals surface area contributed by atoms with Gasteiger partial charge in [0.05, 0.1) is 6.61 Å². The van der Waals surface area contributed by atoms with Gasteiger partial charge in [-0.05, 0) is 70.6 Å². The third kappa shape index (κ3) is 33.0. The number of hydrogen-bond donors (Lipinski definition) is 1. The minimum Gasteiger partial charge on any atom is -0.462 e. The molecule has 1 N–H and O–H groups in total. The molecule has 1 atom stereocenters. The van der Waals surface area contributed by atoms with Gasteiger partial charge >= 0.3 is 11.9 Å². The number of rotatable bonds is 33. The highest BCUT2D eigenvalue weighted by molar-refractivity contribution is 5.70. The molecule has 0 aromatic heterocycles. The fourth-order valence-electron chi connectivity index (χ4n) is 5.05. The molecule has 256 valence electrons. The van der Waals surface area contributed by atoms with Crippen LogP contribution in [0.5, 0.6) is 0 Å². The third-order valence-electron chi connectivity index (χ3n) is 7.91. The maximum Gasteiger partial charge on any atom is 0.306 e. The van der Waals surface area contributed by atoms with Crippen LogP contribution in [0.2, 0.25) is 0 Å². The van der Waals surface area contributed by atoms with E-state index in [0.29, 0.717) is 12.8 Å². The molecule has 0 spiro atoms. The first-order valence-electron chi connectivity index (χ1n) is 18.5. The molecule has 0 aliphatic carbocycles. The van der Waals surface area contributed by atoms with Gasteiger partial charge in [0.1, 0.15) is 6.61 Å². The van der Waals surface area contributed by atoms with Crippen LogP contribution in [0.25, 0.3) is 0 Å². The predicted molar refractivity (Wildman–Crippen MR) is 187 cm³/mol. The Morgan fingerprint density at radius 2 is 0.909 bits per heavy atom. The van der Waals surface area contributed by atoms with E-state index in [1.54, 1.807) is 0 Å². The van der Waals surface area contributed by atoms with E-state index < -0.39 is 6.10 Å². The Balaban J connectivity index is 3.59. The average Bonchev–Trinajstić information content (AvgIpc) is 3.02. The van der Waals surface area contributed by atoms with E-state index in [1.807, 2.05) is 0 Å². The van der Waals surface area contributed by atoms with Gasteiger partial charge in [0.2, 0.25) is 0 Å². The van der Waals surface area contributed by atoms with Crippen molar-refractivity contribution in [3.8, 4) is 0 Å². The molecule has 44 heavy (non-hydrogen) atoms. The fourth-order valence-corrected chi connectivity index (χ4v) is 5.05. The van der Waals surface area contributed by atoms with Crippen molar-refractivity contribution in [2.24, 2.45) is 0 Å². The SMILES string of the molecule is CCCCCC=CCC=CCCCCCCCCCC(=O)OCC(CO)OC(=O)CCCCCCCC=CCCCCCC. The zero-order valence-corrected chi connectivity index (χ0v) is 28.9. The number of aliphatic hydroxyl groups excluding tert-OH is 1. The molecule has 5 heteroatoms. The van der Waals surface area contributed by atoms with Crippen LogP contribution in [0.3, 0.4) is 0 Å². The molecule has 0 radical (unpaired) electrons. The molecule has 1 unspecified atom stereocenters. The van der Waals surface area contributed by atoms with Crippen LogP contribution in [0, 0.1) is 0 Å². The summed E-state index contributed by atoms with van der Waals surface area (Å²) in [6.45, 7) is 4.07. The number of ether oxygens (including phenoxy) is 2. The molecule has 0 saturated heterocycles. The molecule has 0 aromatic carbocycles. The Kier molecular flexibility index (Phi) is 34.1. The highest BCUT2D eigenvalue weighted by Crippen LogP contribution is 2.12. The number of carbonyl (C=O) groups excluding carboxylic acids is 2. The number of unbranched alkanes of at least 4 members (excludes halogenated alkanes) is 19. The Morgan fingerprint density at radius 1 is 0.523 bits per heavy atom. The molecular formula is C39H70O5. The lowest BCUT2D eigenvalue weighted by Gasteiger charge is -2.15. The van der Waals surface area contributed by atoms with Crippen LogP contribution < -0.4 is 0 Å². The van der Waals surface area contributed by atoms with Gasteiger partial charge in [-0.3, -0.25) is 9.59 Å². The van der Waals surface area contributed by atoms with Crippen LogP contribution in [0.1, 0.15) is 181 Å². The molecule has 0 heterocycles. The first-order valence-corrected chi connectivity index (χ1v) is 18.5. The van der Waals surface area contributed by atoms with Crippen LogP contribution in [-0.2, 0) is 19.1 Å². The Morgan fingerprint density at radius 3 is 1.41 bits per heavy atom. The van der Waals surface area contributed by atoms with Crippen molar-refractivity contribution in [3.05, 3.63) is 36.5 Å². The molecule has 5 nitrogen and oxygen atoms in total. The van der Waals surface area contributed by atoms with Crippen LogP contribution >= 0.6 is 0 Å². The van der Waals surface area contributed by atoms with Gasteiger partial charge in [-0.1, -0.05) is 134 Å². The standard InChI is InChI=1S/C39H70O5/c1-3-5-7-9-11-13-15-17-18-19-20-22-23-25-27-29-31-33-38(41)43-36-37(35-40)44-39(42)34-32-30-28-26-24-21-16-14-12-10-8-6-4-2/h11,13-14,16-18,37,40H,3-10,12,15,19-36H2,1-2H3. The summed E-state index contributed by atoms with van der Waals surface area (Å²) in [6, 6.07) is 0. The summed E-state index contributed by atoms with van der Waals surface area (Å²) in [5.41, 5.74) is 0. The summed E-state index contributed by atoms with van der Waals surface area (Å²) in [4.78, 5) is 24.2. The van der Waals surface area contributed by atoms with Gasteiger partial charge in [-0.15, -0.1) is 0 Å². The van der Waals surface area contributed by atoms with Crippen molar-refractivity contribution in [2.75, 3.05) is 13.2 Å². The van der Waals surface area contributed by atoms with Crippen molar-refractivity contribution in [1.82, 2.24) is 0 Å². The number of aliphatic hydroxyl groups is 1. The second kappa shape index (κ2) is 35.6. The first-order chi connectivity index (χ1) is 21.6. The summed E-state index contributed by atoms with van der Waals surface area (Å²) < 4.78 is 10.6. The maximum atomic E-state index is 12.1. The third-order valence-corrected chi connectivity index (χ3v) is 7.91. The molecule has 0 rings (SSSR count). The maximum absolute atomic E-state index is 12.1. The van der Waals surface area contributed by atoms with E-state index >= 15 is 0 Å². The minimum atomic E-state index is -0.776. The van der Waals surface area contributed by atoms with Crippen molar-refractivity contribution >= 4 is 11.9 Å². The van der Waals surface area contributed by atoms with Gasteiger partial charge < -0.3 is 14.6 Å². The zero-order valence-electron chi connectivity index (χ0n) is 28.9. The second-order valence-electron chi connectivity index (χ2n) is 12.3. The monoisotopic (exact) mass is 619 g/mol. The van der Waals surface area contributed by atoms with Gasteiger partial charge in [-0.2, -0.15) is 0 Å². The lowest BCUT2D eigenvalue weighted by molar-refractivity contribution is -0.161. The Bertz CT molecular complexity index is 711. The van der Waals surface area contributed by atoms with E-state index in [2.05, 4.69) is 50.3 Å². The number of esters is 2. The molecule has 0 aliphatic rings. The highest BCUT2D eigenvalue weighted by atomic mass is 16.6. The lowest BCUT2D eigenvalue weighted by Crippen LogP contribution is -2.28. The van der Waals surface area contributed by atoms with Gasteiger partial charge in [0, 0.05) is 12.8 Å². The van der Waals surface area contributed by atoms with Gasteiger partial charge in [0.15, 0.2) is 6.10 Å². The first kappa shape index (κ1) is 42.1. The molecule has 0 amide bonds. The van der Waals surface area contributed by atoms with Crippen molar-refractivity contribution in [3.63, 3.8) is 0 Å². The molecule has 0 bridgehead atoms. The lowest BCUT2D eigenvalue weighted by atomic mass is 10.1. The molecular weight excluding hydrogens is 548 g/mol. The van der Waals surface area contributed by atoms with Crippen molar-refractivity contribution in [2.45, 2.75) is 187 Å². The zero-order chi connectivity index (χ0) is 32.2. The topological polar surface area (TPSA) is 72.8 Å². The van der Waals surface area contributed by atoms with E-state index in [-0.39, 0.29) is 25.2 Å². The van der Waals surface area contributed by atoms with Crippen molar-refractivity contribution in [1.29, 1.82) is 0 Å². The largest absolute Gasteiger partial charge is 0.462 e. The Labute approximate surface area is 272 Å². The molecule has 0 aliphatic heterocycles. The summed E-state index contributed by atoms with van der Waals surface area (Å²) in [7, 11) is 0. The molecule has 0 saturated carbocycles. The van der Waals surface area contributed by atoms with E-state index in [4.69, 9.17) is 9.47 Å². The predicted octanol–water partition coefficient (Wildman–Crippen LogP) is 11.3. The minimum absolute atomic E-state index is 0.0725. The fraction of sp³-hybridized carbons (Fsp3) is 0.795. The normalized spacial score (nSPS) is 12.5. The van der Waals surface area contributed by atoms with Gasteiger partial charge in [-0.25, -0.2) is 0 Å². The average molecular weight is 619 g/mol. The van der Waals surface area contributed by atoms with Crippen LogP contribution in [0.4, 0.5) is 0 Å². The summed E-state index contributed by atoms with van der Waals surface area (Å²) in [6.07, 6.45) is 41.9. The van der Waals surface area contributed by atoms with Crippen LogP contribution in [0.15, 0.2) is 36.5 Å². The number of hydrogen-bond acceptors (Lipinski definition) is 5. The smallest absolute Gasteiger partial charge is 0.306 e. The quantitative estimate of drug-likeness (QED) is 0.0450. The molecule has 0 fully saturated rings. The second-order valence-corrected chi connectivity index (χ2v) is 12.3. The highest BCUT2D eigenvalue weighted by Gasteiger charge is 2.16. The summed E-state index contributed by atoms with van der Waals surface area (Å²) in [5, 5.41) is 9.52. The van der Waals surface area contributed by atoms with E-state index in [1.165, 1.54) is 96.3 Å². The van der Waals surface area contributed by atoms with Crippen LogP contribution in [-0.4, -0.2) is 36.4 Å². The van der Waals surface area contributed by atoms with E-state index in [9.17, 15) is 14.7 Å². The number of carbonyl (C=O) groups is 2. The molecule has 0 aromatic rings. The Hall–Kier alpha value is -1.88. The van der Waals surface area contributed by atoms with Gasteiger partial charge in [0.25, 0.3) is 0 Å². The number of allylic oxidation sites excluding steroid dienone is 6. The van der Waals surface area contributed by atoms with Crippen molar-refractivity contribution < 1.29 is 24.2 Å².